The predicted octanol–water partition coefficient (Wildman–Crippen LogP) is 2.15. The van der Waals surface area contributed by atoms with Crippen LogP contribution in [-0.2, 0) is 6.54 Å². The molecule has 17 heavy (non-hydrogen) atoms. The number of aromatic nitrogens is 1. The van der Waals surface area contributed by atoms with Crippen LogP contribution in [-0.4, -0.2) is 15.6 Å². The van der Waals surface area contributed by atoms with E-state index in [1.54, 1.807) is 0 Å². The van der Waals surface area contributed by atoms with Gasteiger partial charge in [0, 0.05) is 23.8 Å². The lowest BCUT2D eigenvalue weighted by Gasteiger charge is -2.05. The maximum absolute atomic E-state index is 8.69. The Labute approximate surface area is 99.3 Å². The van der Waals surface area contributed by atoms with E-state index in [1.165, 1.54) is 18.2 Å². The van der Waals surface area contributed by atoms with Gasteiger partial charge in [0.25, 0.3) is 0 Å². The monoisotopic (exact) mass is 229 g/mol. The van der Waals surface area contributed by atoms with Crippen LogP contribution in [0.1, 0.15) is 18.4 Å². The van der Waals surface area contributed by atoms with Crippen LogP contribution in [0.5, 0.6) is 0 Å². The molecule has 3 N–H and O–H groups in total. The second-order valence-electron chi connectivity index (χ2n) is 4.67. The summed E-state index contributed by atoms with van der Waals surface area (Å²) in [6.45, 7) is 1.07. The van der Waals surface area contributed by atoms with Crippen molar-refractivity contribution >= 4 is 16.7 Å². The van der Waals surface area contributed by atoms with E-state index in [1.807, 2.05) is 18.2 Å². The van der Waals surface area contributed by atoms with Gasteiger partial charge in [-0.15, -0.1) is 0 Å². The Morgan fingerprint density at radius 3 is 2.94 bits per heavy atom. The van der Waals surface area contributed by atoms with Gasteiger partial charge in [0.1, 0.15) is 0 Å². The van der Waals surface area contributed by atoms with E-state index >= 15 is 0 Å². The van der Waals surface area contributed by atoms with Crippen molar-refractivity contribution in [1.82, 2.24) is 4.57 Å². The molecule has 1 heterocycles. The summed E-state index contributed by atoms with van der Waals surface area (Å²) in [7, 11) is 0. The highest BCUT2D eigenvalue weighted by Crippen LogP contribution is 2.32. The summed E-state index contributed by atoms with van der Waals surface area (Å²) < 4.78 is 2.25. The molecule has 0 radical (unpaired) electrons. The van der Waals surface area contributed by atoms with E-state index in [0.29, 0.717) is 0 Å². The predicted molar refractivity (Wildman–Crippen MR) is 67.2 cm³/mol. The maximum atomic E-state index is 8.69. The van der Waals surface area contributed by atoms with E-state index in [0.717, 1.165) is 23.5 Å². The fraction of sp³-hybridized carbons (Fsp3) is 0.308. The molecule has 0 amide bonds. The van der Waals surface area contributed by atoms with E-state index in [-0.39, 0.29) is 5.84 Å². The minimum atomic E-state index is 0.158. The van der Waals surface area contributed by atoms with Crippen molar-refractivity contribution in [3.63, 3.8) is 0 Å². The number of oxime groups is 1. The van der Waals surface area contributed by atoms with E-state index in [4.69, 9.17) is 10.9 Å². The highest BCUT2D eigenvalue weighted by atomic mass is 16.4. The molecule has 4 nitrogen and oxygen atoms in total. The smallest absolute Gasteiger partial charge is 0.170 e. The molecule has 2 aromatic rings. The lowest BCUT2D eigenvalue weighted by molar-refractivity contribution is 0.318. The summed E-state index contributed by atoms with van der Waals surface area (Å²) in [4.78, 5) is 0. The Morgan fingerprint density at radius 1 is 1.41 bits per heavy atom. The number of nitrogens with two attached hydrogens (primary N) is 1. The fourth-order valence-corrected chi connectivity index (χ4v) is 2.14. The van der Waals surface area contributed by atoms with Crippen LogP contribution < -0.4 is 5.73 Å². The van der Waals surface area contributed by atoms with Gasteiger partial charge in [0.15, 0.2) is 5.84 Å². The van der Waals surface area contributed by atoms with Crippen molar-refractivity contribution in [2.24, 2.45) is 16.8 Å². The Morgan fingerprint density at radius 2 is 2.24 bits per heavy atom. The molecular weight excluding hydrogens is 214 g/mol. The van der Waals surface area contributed by atoms with Gasteiger partial charge in [-0.05, 0) is 36.3 Å². The van der Waals surface area contributed by atoms with Crippen LogP contribution in [0.15, 0.2) is 35.6 Å². The molecule has 0 bridgehead atoms. The summed E-state index contributed by atoms with van der Waals surface area (Å²) in [6.07, 6.45) is 4.78. The molecule has 0 aliphatic heterocycles. The number of hydrogen-bond acceptors (Lipinski definition) is 2. The first-order chi connectivity index (χ1) is 8.28. The number of fused-ring (bicyclic) bond motifs is 1. The molecular formula is C13H15N3O. The largest absolute Gasteiger partial charge is 0.409 e. The zero-order valence-corrected chi connectivity index (χ0v) is 9.50. The summed E-state index contributed by atoms with van der Waals surface area (Å²) in [5.74, 6) is 0.990. The Hall–Kier alpha value is -1.97. The summed E-state index contributed by atoms with van der Waals surface area (Å²) in [6, 6.07) is 7.96. The molecule has 0 unspecified atom stereocenters. The number of rotatable bonds is 3. The molecule has 0 spiro atoms. The zero-order chi connectivity index (χ0) is 11.8. The second kappa shape index (κ2) is 3.80. The molecule has 4 heteroatoms. The average molecular weight is 229 g/mol. The number of benzene rings is 1. The van der Waals surface area contributed by atoms with Crippen LogP contribution in [0.3, 0.4) is 0 Å². The van der Waals surface area contributed by atoms with Crippen LogP contribution in [0.25, 0.3) is 10.9 Å². The molecule has 3 rings (SSSR count). The molecule has 1 aliphatic carbocycles. The summed E-state index contributed by atoms with van der Waals surface area (Å²) in [5, 5.41) is 12.9. The Kier molecular flexibility index (Phi) is 2.28. The van der Waals surface area contributed by atoms with Gasteiger partial charge >= 0.3 is 0 Å². The van der Waals surface area contributed by atoms with E-state index in [9.17, 15) is 0 Å². The van der Waals surface area contributed by atoms with Crippen molar-refractivity contribution in [1.29, 1.82) is 0 Å². The summed E-state index contributed by atoms with van der Waals surface area (Å²) in [5.41, 5.74) is 7.52. The lowest BCUT2D eigenvalue weighted by Crippen LogP contribution is -2.13. The Balaban J connectivity index is 2.05. The van der Waals surface area contributed by atoms with E-state index < -0.39 is 0 Å². The molecule has 1 fully saturated rings. The molecule has 1 aromatic heterocycles. The minimum absolute atomic E-state index is 0.158. The third-order valence-corrected chi connectivity index (χ3v) is 3.33. The molecule has 1 aromatic carbocycles. The highest BCUT2D eigenvalue weighted by molar-refractivity contribution is 6.00. The van der Waals surface area contributed by atoms with Gasteiger partial charge in [-0.25, -0.2) is 0 Å². The molecule has 0 saturated heterocycles. The SMILES string of the molecule is N/C(=N/O)c1ccc2ccn(CC3CC3)c2c1. The van der Waals surface area contributed by atoms with Gasteiger partial charge in [-0.2, -0.15) is 0 Å². The zero-order valence-electron chi connectivity index (χ0n) is 9.50. The number of hydrogen-bond donors (Lipinski definition) is 2. The van der Waals surface area contributed by atoms with Crippen molar-refractivity contribution in [3.05, 3.63) is 36.0 Å². The third-order valence-electron chi connectivity index (χ3n) is 3.33. The number of nitrogens with zero attached hydrogens (tertiary/aromatic N) is 2. The topological polar surface area (TPSA) is 63.5 Å². The van der Waals surface area contributed by atoms with Crippen molar-refractivity contribution in [2.75, 3.05) is 0 Å². The Bertz CT molecular complexity index is 581. The minimum Gasteiger partial charge on any atom is -0.409 e. The van der Waals surface area contributed by atoms with Crippen LogP contribution in [0.4, 0.5) is 0 Å². The van der Waals surface area contributed by atoms with Gasteiger partial charge in [-0.1, -0.05) is 17.3 Å². The lowest BCUT2D eigenvalue weighted by atomic mass is 10.1. The van der Waals surface area contributed by atoms with Gasteiger partial charge in [-0.3, -0.25) is 0 Å². The van der Waals surface area contributed by atoms with Crippen LogP contribution in [0.2, 0.25) is 0 Å². The van der Waals surface area contributed by atoms with Gasteiger partial charge < -0.3 is 15.5 Å². The second-order valence-corrected chi connectivity index (χ2v) is 4.67. The van der Waals surface area contributed by atoms with E-state index in [2.05, 4.69) is 22.0 Å². The average Bonchev–Trinajstić information content (AvgIpc) is 3.09. The van der Waals surface area contributed by atoms with Crippen molar-refractivity contribution in [3.8, 4) is 0 Å². The first kappa shape index (κ1) is 10.2. The van der Waals surface area contributed by atoms with Gasteiger partial charge in [0.05, 0.1) is 0 Å². The third kappa shape index (κ3) is 1.86. The first-order valence-electron chi connectivity index (χ1n) is 5.85. The van der Waals surface area contributed by atoms with Crippen molar-refractivity contribution in [2.45, 2.75) is 19.4 Å². The molecule has 0 atom stereocenters. The summed E-state index contributed by atoms with van der Waals surface area (Å²) >= 11 is 0. The first-order valence-corrected chi connectivity index (χ1v) is 5.85. The van der Waals surface area contributed by atoms with Crippen molar-refractivity contribution < 1.29 is 5.21 Å². The molecule has 1 aliphatic rings. The fourth-order valence-electron chi connectivity index (χ4n) is 2.14. The molecule has 88 valence electrons. The molecule has 1 saturated carbocycles. The van der Waals surface area contributed by atoms with Crippen LogP contribution >= 0.6 is 0 Å². The maximum Gasteiger partial charge on any atom is 0.170 e. The highest BCUT2D eigenvalue weighted by Gasteiger charge is 2.22. The number of amidine groups is 1. The normalized spacial score (nSPS) is 16.6. The standard InChI is InChI=1S/C13H15N3O/c14-13(15-17)11-4-3-10-5-6-16(12(10)7-11)8-9-1-2-9/h3-7,9,17H,1-2,8H2,(H2,14,15). The quantitative estimate of drug-likeness (QED) is 0.366. The van der Waals surface area contributed by atoms with Gasteiger partial charge in [0.2, 0.25) is 0 Å². The van der Waals surface area contributed by atoms with Crippen LogP contribution in [0, 0.1) is 5.92 Å².